The number of hydrogen-bond acceptors (Lipinski definition) is 6. The molecule has 0 unspecified atom stereocenters. The van der Waals surface area contributed by atoms with Crippen molar-refractivity contribution in [2.24, 2.45) is 0 Å². The third-order valence-electron chi connectivity index (χ3n) is 3.99. The Kier molecular flexibility index (Phi) is 6.84. The first-order valence-electron chi connectivity index (χ1n) is 9.25. The van der Waals surface area contributed by atoms with Crippen LogP contribution in [-0.4, -0.2) is 18.4 Å². The van der Waals surface area contributed by atoms with Crippen molar-refractivity contribution in [2.75, 3.05) is 4.72 Å². The van der Waals surface area contributed by atoms with Crippen molar-refractivity contribution in [3.8, 4) is 23.3 Å². The van der Waals surface area contributed by atoms with E-state index in [-0.39, 0.29) is 22.6 Å². The van der Waals surface area contributed by atoms with E-state index in [9.17, 15) is 8.42 Å². The minimum Gasteiger partial charge on any atom is -0.438 e. The molecule has 2 aromatic carbocycles. The van der Waals surface area contributed by atoms with Crippen LogP contribution < -0.4 is 14.2 Å². The normalized spacial score (nSPS) is 11.5. The number of aromatic nitrogens is 2. The van der Waals surface area contributed by atoms with Gasteiger partial charge in [0, 0.05) is 0 Å². The number of anilines is 1. The van der Waals surface area contributed by atoms with E-state index in [1.165, 1.54) is 18.2 Å². The van der Waals surface area contributed by atoms with E-state index >= 15 is 0 Å². The number of hydrogen-bond donors (Lipinski definition) is 1. The number of para-hydroxylation sites is 2. The molecule has 1 N–H and O–H groups in total. The summed E-state index contributed by atoms with van der Waals surface area (Å²) < 4.78 is 39.4. The Labute approximate surface area is 181 Å². The molecule has 0 aliphatic rings. The minimum absolute atomic E-state index is 0.0808. The first kappa shape index (κ1) is 21.8. The zero-order valence-corrected chi connectivity index (χ0v) is 17.7. The molecule has 158 valence electrons. The van der Waals surface area contributed by atoms with E-state index < -0.39 is 10.0 Å². The van der Waals surface area contributed by atoms with E-state index in [0.29, 0.717) is 17.1 Å². The molecular formula is C23H21N3O4S. The van der Waals surface area contributed by atoms with Crippen LogP contribution >= 0.6 is 0 Å². The summed E-state index contributed by atoms with van der Waals surface area (Å²) in [5.74, 6) is 1.15. The van der Waals surface area contributed by atoms with Crippen molar-refractivity contribution in [3.63, 3.8) is 0 Å². The summed E-state index contributed by atoms with van der Waals surface area (Å²) in [4.78, 5) is 8.40. The van der Waals surface area contributed by atoms with Gasteiger partial charge in [-0.25, -0.2) is 13.1 Å². The number of rotatable bonds is 9. The monoisotopic (exact) mass is 435 g/mol. The molecule has 31 heavy (non-hydrogen) atoms. The van der Waals surface area contributed by atoms with Crippen molar-refractivity contribution < 1.29 is 17.9 Å². The number of nitrogens with one attached hydrogen (secondary N) is 1. The average Bonchev–Trinajstić information content (AvgIpc) is 2.76. The lowest BCUT2D eigenvalue weighted by Crippen LogP contribution is -2.16. The molecule has 0 saturated carbocycles. The second-order valence-electron chi connectivity index (χ2n) is 6.23. The molecule has 1 aromatic heterocycles. The molecule has 7 nitrogen and oxygen atoms in total. The van der Waals surface area contributed by atoms with Gasteiger partial charge in [-0.15, -0.1) is 0 Å². The molecule has 3 rings (SSSR count). The summed E-state index contributed by atoms with van der Waals surface area (Å²) in [5.41, 5.74) is 0.501. The summed E-state index contributed by atoms with van der Waals surface area (Å²) in [6, 6.07) is 18.0. The molecule has 0 bridgehead atoms. The highest BCUT2D eigenvalue weighted by Crippen LogP contribution is 2.32. The fourth-order valence-electron chi connectivity index (χ4n) is 2.48. The number of ether oxygens (including phenoxy) is 2. The molecule has 0 amide bonds. The molecule has 0 radical (unpaired) electrons. The molecule has 3 aromatic rings. The highest BCUT2D eigenvalue weighted by molar-refractivity contribution is 7.96. The van der Waals surface area contributed by atoms with Crippen molar-refractivity contribution in [1.29, 1.82) is 0 Å². The first-order chi connectivity index (χ1) is 14.9. The van der Waals surface area contributed by atoms with Gasteiger partial charge in [-0.05, 0) is 43.3 Å². The van der Waals surface area contributed by atoms with Gasteiger partial charge in [-0.1, -0.05) is 55.6 Å². The van der Waals surface area contributed by atoms with Crippen molar-refractivity contribution >= 4 is 16.0 Å². The van der Waals surface area contributed by atoms with E-state index in [1.54, 1.807) is 31.2 Å². The predicted octanol–water partition coefficient (Wildman–Crippen LogP) is 5.37. The van der Waals surface area contributed by atoms with Crippen LogP contribution in [0.4, 0.5) is 5.95 Å². The Balaban J connectivity index is 2.04. The standard InChI is InChI=1S/C23H21N3O4S/c1-4-12-20(5-2)31(27,28)26-23-24-21(29-18-13-8-6-9-14-18)17(3)22(25-23)30-19-15-10-7-11-16-19/h4-16H,1-2H2,3H3,(H,24,25,26)/b20-12+. The van der Waals surface area contributed by atoms with Gasteiger partial charge in [0.25, 0.3) is 10.0 Å². The number of sulfonamides is 1. The Hall–Kier alpha value is -3.91. The third kappa shape index (κ3) is 5.58. The average molecular weight is 436 g/mol. The van der Waals surface area contributed by atoms with Gasteiger partial charge < -0.3 is 9.47 Å². The van der Waals surface area contributed by atoms with Crippen molar-refractivity contribution in [2.45, 2.75) is 6.92 Å². The lowest BCUT2D eigenvalue weighted by Gasteiger charge is -2.14. The van der Waals surface area contributed by atoms with Crippen LogP contribution in [-0.2, 0) is 10.0 Å². The summed E-state index contributed by atoms with van der Waals surface area (Å²) in [6.07, 6.45) is 3.85. The largest absolute Gasteiger partial charge is 0.438 e. The predicted molar refractivity (Wildman–Crippen MR) is 121 cm³/mol. The Morgan fingerprint density at radius 1 is 0.903 bits per heavy atom. The van der Waals surface area contributed by atoms with Crippen LogP contribution in [0.1, 0.15) is 5.56 Å². The number of allylic oxidation sites excluding steroid dienone is 3. The molecule has 8 heteroatoms. The van der Waals surface area contributed by atoms with Gasteiger partial charge >= 0.3 is 0 Å². The quantitative estimate of drug-likeness (QED) is 0.455. The lowest BCUT2D eigenvalue weighted by molar-refractivity contribution is 0.428. The maximum Gasteiger partial charge on any atom is 0.264 e. The summed E-state index contributed by atoms with van der Waals surface area (Å²) in [6.45, 7) is 8.76. The van der Waals surface area contributed by atoms with Gasteiger partial charge in [0.2, 0.25) is 17.7 Å². The van der Waals surface area contributed by atoms with E-state index in [0.717, 1.165) is 0 Å². The zero-order chi connectivity index (χ0) is 22.3. The zero-order valence-electron chi connectivity index (χ0n) is 16.9. The summed E-state index contributed by atoms with van der Waals surface area (Å²) in [7, 11) is -3.99. The second kappa shape index (κ2) is 9.73. The highest BCUT2D eigenvalue weighted by atomic mass is 32.2. The Morgan fingerprint density at radius 3 is 1.81 bits per heavy atom. The maximum absolute atomic E-state index is 12.7. The Bertz CT molecular complexity index is 1150. The molecule has 0 spiro atoms. The van der Waals surface area contributed by atoms with Crippen LogP contribution in [0.5, 0.6) is 23.3 Å². The van der Waals surface area contributed by atoms with Gasteiger partial charge in [0.15, 0.2) is 0 Å². The smallest absolute Gasteiger partial charge is 0.264 e. The van der Waals surface area contributed by atoms with Crippen LogP contribution in [0.15, 0.2) is 97.0 Å². The topological polar surface area (TPSA) is 90.4 Å². The minimum atomic E-state index is -3.99. The van der Waals surface area contributed by atoms with Gasteiger partial charge in [-0.3, -0.25) is 0 Å². The molecule has 1 heterocycles. The van der Waals surface area contributed by atoms with Crippen LogP contribution in [0.3, 0.4) is 0 Å². The third-order valence-corrected chi connectivity index (χ3v) is 5.37. The van der Waals surface area contributed by atoms with E-state index in [4.69, 9.17) is 9.47 Å². The molecule has 0 aliphatic carbocycles. The maximum atomic E-state index is 12.7. The SMILES string of the molecule is C=C/C=C(\C=C)S(=O)(=O)Nc1nc(Oc2ccccc2)c(C)c(Oc2ccccc2)n1. The number of nitrogens with zero attached hydrogens (tertiary/aromatic N) is 2. The molecule has 0 aliphatic heterocycles. The second-order valence-corrected chi connectivity index (χ2v) is 7.91. The van der Waals surface area contributed by atoms with Crippen LogP contribution in [0.25, 0.3) is 0 Å². The molecular weight excluding hydrogens is 414 g/mol. The molecule has 0 fully saturated rings. The summed E-state index contributed by atoms with van der Waals surface area (Å²) >= 11 is 0. The molecule has 0 atom stereocenters. The van der Waals surface area contributed by atoms with Crippen molar-refractivity contribution in [3.05, 3.63) is 103 Å². The highest BCUT2D eigenvalue weighted by Gasteiger charge is 2.20. The molecule has 0 saturated heterocycles. The van der Waals surface area contributed by atoms with Gasteiger partial charge in [0.05, 0.1) is 10.5 Å². The van der Waals surface area contributed by atoms with Crippen LogP contribution in [0.2, 0.25) is 0 Å². The van der Waals surface area contributed by atoms with Gasteiger partial charge in [0.1, 0.15) is 11.5 Å². The fraction of sp³-hybridized carbons (Fsp3) is 0.0435. The van der Waals surface area contributed by atoms with Crippen molar-refractivity contribution in [1.82, 2.24) is 9.97 Å². The lowest BCUT2D eigenvalue weighted by atomic mass is 10.3. The Morgan fingerprint density at radius 2 is 1.39 bits per heavy atom. The fourth-order valence-corrected chi connectivity index (χ4v) is 3.43. The van der Waals surface area contributed by atoms with E-state index in [1.807, 2.05) is 36.4 Å². The van der Waals surface area contributed by atoms with E-state index in [2.05, 4.69) is 27.8 Å². The van der Waals surface area contributed by atoms with Crippen LogP contribution in [0, 0.1) is 6.92 Å². The number of benzene rings is 2. The summed E-state index contributed by atoms with van der Waals surface area (Å²) in [5, 5.41) is 0. The van der Waals surface area contributed by atoms with Gasteiger partial charge in [-0.2, -0.15) is 9.97 Å². The first-order valence-corrected chi connectivity index (χ1v) is 10.7.